The van der Waals surface area contributed by atoms with E-state index in [1.807, 2.05) is 4.90 Å². The van der Waals surface area contributed by atoms with Crippen LogP contribution in [-0.4, -0.2) is 53.6 Å². The number of carbonyl (C=O) groups excluding carboxylic acids is 1. The molecule has 0 radical (unpaired) electrons. The van der Waals surface area contributed by atoms with Crippen LogP contribution in [-0.2, 0) is 4.79 Å². The summed E-state index contributed by atoms with van der Waals surface area (Å²) >= 11 is 6.06. The molecule has 3 rings (SSSR count). The molecule has 0 aliphatic carbocycles. The van der Waals surface area contributed by atoms with Gasteiger partial charge < -0.3 is 15.1 Å². The van der Waals surface area contributed by atoms with Gasteiger partial charge in [-0.25, -0.2) is 0 Å². The summed E-state index contributed by atoms with van der Waals surface area (Å²) in [6.07, 6.45) is 4.01. The third kappa shape index (κ3) is 3.53. The Morgan fingerprint density at radius 1 is 0.905 bits per heavy atom. The highest BCUT2D eigenvalue weighted by atomic mass is 35.5. The molecule has 1 amide bonds. The summed E-state index contributed by atoms with van der Waals surface area (Å²) in [5.74, 6) is 1.27. The van der Waals surface area contributed by atoms with E-state index < -0.39 is 0 Å². The predicted octanol–water partition coefficient (Wildman–Crippen LogP) is 0.842. The number of hydrogen-bond acceptors (Lipinski definition) is 6. The van der Waals surface area contributed by atoms with Crippen molar-refractivity contribution in [3.63, 3.8) is 0 Å². The van der Waals surface area contributed by atoms with Gasteiger partial charge in [0.25, 0.3) is 0 Å². The van der Waals surface area contributed by atoms with Crippen molar-refractivity contribution in [1.29, 1.82) is 0 Å². The van der Waals surface area contributed by atoms with Crippen molar-refractivity contribution >= 4 is 29.4 Å². The minimum atomic E-state index is 0.0638. The topological polar surface area (TPSA) is 74.2 Å². The fraction of sp³-hybridized carbons (Fsp3) is 0.692. The number of aromatic nitrogens is 3. The van der Waals surface area contributed by atoms with Gasteiger partial charge in [0, 0.05) is 39.1 Å². The molecule has 2 aliphatic rings. The first-order valence-electron chi connectivity index (χ1n) is 7.40. The maximum absolute atomic E-state index is 11.4. The summed E-state index contributed by atoms with van der Waals surface area (Å²) in [4.78, 5) is 28.6. The molecule has 2 saturated heterocycles. The first-order chi connectivity index (χ1) is 10.2. The molecule has 8 heteroatoms. The van der Waals surface area contributed by atoms with Crippen molar-refractivity contribution in [1.82, 2.24) is 20.3 Å². The molecule has 1 aromatic heterocycles. The summed E-state index contributed by atoms with van der Waals surface area (Å²) in [6, 6.07) is 0. The monoisotopic (exact) mass is 310 g/mol. The largest absolute Gasteiger partial charge is 0.354 e. The third-order valence-corrected chi connectivity index (χ3v) is 3.99. The highest BCUT2D eigenvalue weighted by molar-refractivity contribution is 6.28. The van der Waals surface area contributed by atoms with Gasteiger partial charge in [-0.3, -0.25) is 4.79 Å². The molecule has 1 aromatic rings. The normalized spacial score (nSPS) is 20.1. The van der Waals surface area contributed by atoms with Gasteiger partial charge >= 0.3 is 0 Å². The Kier molecular flexibility index (Phi) is 4.38. The van der Waals surface area contributed by atoms with E-state index in [9.17, 15) is 4.79 Å². The Bertz CT molecular complexity index is 519. The first-order valence-corrected chi connectivity index (χ1v) is 7.78. The lowest BCUT2D eigenvalue weighted by atomic mass is 10.1. The van der Waals surface area contributed by atoms with Crippen LogP contribution in [0.15, 0.2) is 0 Å². The van der Waals surface area contributed by atoms with Gasteiger partial charge in [0.05, 0.1) is 0 Å². The lowest BCUT2D eigenvalue weighted by Crippen LogP contribution is -2.33. The zero-order valence-corrected chi connectivity index (χ0v) is 12.6. The van der Waals surface area contributed by atoms with Crippen LogP contribution in [0.3, 0.4) is 0 Å². The zero-order valence-electron chi connectivity index (χ0n) is 11.9. The van der Waals surface area contributed by atoms with Crippen LogP contribution in [0, 0.1) is 0 Å². The van der Waals surface area contributed by atoms with Gasteiger partial charge in [-0.15, -0.1) is 0 Å². The van der Waals surface area contributed by atoms with Crippen molar-refractivity contribution < 1.29 is 4.79 Å². The predicted molar refractivity (Wildman–Crippen MR) is 80.7 cm³/mol. The zero-order chi connectivity index (χ0) is 14.7. The summed E-state index contributed by atoms with van der Waals surface area (Å²) in [7, 11) is 0. The third-order valence-electron chi connectivity index (χ3n) is 3.82. The summed E-state index contributed by atoms with van der Waals surface area (Å²) in [6.45, 7) is 3.80. The number of nitrogens with zero attached hydrogens (tertiary/aromatic N) is 5. The van der Waals surface area contributed by atoms with E-state index in [-0.39, 0.29) is 11.2 Å². The minimum Gasteiger partial charge on any atom is -0.354 e. The van der Waals surface area contributed by atoms with Crippen LogP contribution in [0.1, 0.15) is 25.7 Å². The van der Waals surface area contributed by atoms with Gasteiger partial charge in [0.2, 0.25) is 23.1 Å². The van der Waals surface area contributed by atoms with Crippen LogP contribution in [0.5, 0.6) is 0 Å². The smallest absolute Gasteiger partial charge is 0.231 e. The Balaban J connectivity index is 1.81. The molecule has 2 fully saturated rings. The molecule has 0 aromatic carbocycles. The van der Waals surface area contributed by atoms with Gasteiger partial charge in [-0.2, -0.15) is 15.0 Å². The van der Waals surface area contributed by atoms with E-state index in [4.69, 9.17) is 11.6 Å². The second-order valence-electron chi connectivity index (χ2n) is 5.34. The summed E-state index contributed by atoms with van der Waals surface area (Å²) in [5.41, 5.74) is 0. The standard InChI is InChI=1S/C13H19ClN6O/c14-11-16-12(19-6-2-1-3-7-19)18-13(17-11)20-8-4-10(21)15-5-9-20/h1-9H2,(H,15,21). The quantitative estimate of drug-likeness (QED) is 0.872. The van der Waals surface area contributed by atoms with E-state index in [2.05, 4.69) is 25.2 Å². The number of piperidine rings is 1. The van der Waals surface area contributed by atoms with Gasteiger partial charge in [0.15, 0.2) is 0 Å². The van der Waals surface area contributed by atoms with Gasteiger partial charge in [0.1, 0.15) is 0 Å². The van der Waals surface area contributed by atoms with E-state index in [0.29, 0.717) is 38.0 Å². The number of carbonyl (C=O) groups is 1. The molecule has 1 N–H and O–H groups in total. The molecule has 3 heterocycles. The molecular formula is C13H19ClN6O. The Hall–Kier alpha value is -1.63. The number of anilines is 2. The van der Waals surface area contributed by atoms with Crippen molar-refractivity contribution in [3.05, 3.63) is 5.28 Å². The van der Waals surface area contributed by atoms with Crippen LogP contribution < -0.4 is 15.1 Å². The van der Waals surface area contributed by atoms with Crippen LogP contribution in [0.25, 0.3) is 0 Å². The Morgan fingerprint density at radius 3 is 2.29 bits per heavy atom. The number of hydrogen-bond donors (Lipinski definition) is 1. The molecule has 0 atom stereocenters. The number of nitrogens with one attached hydrogen (secondary N) is 1. The molecule has 0 bridgehead atoms. The van der Waals surface area contributed by atoms with Crippen molar-refractivity contribution in [2.45, 2.75) is 25.7 Å². The molecule has 0 saturated carbocycles. The fourth-order valence-corrected chi connectivity index (χ4v) is 2.82. The Morgan fingerprint density at radius 2 is 1.57 bits per heavy atom. The number of halogens is 1. The van der Waals surface area contributed by atoms with E-state index in [0.717, 1.165) is 25.9 Å². The SMILES string of the molecule is O=C1CCN(c2nc(Cl)nc(N3CCCCC3)n2)CCN1. The molecule has 2 aliphatic heterocycles. The van der Waals surface area contributed by atoms with Crippen molar-refractivity contribution in [2.75, 3.05) is 42.5 Å². The summed E-state index contributed by atoms with van der Waals surface area (Å²) in [5, 5.41) is 3.05. The van der Waals surface area contributed by atoms with Crippen LogP contribution in [0.2, 0.25) is 5.28 Å². The second-order valence-corrected chi connectivity index (χ2v) is 5.68. The van der Waals surface area contributed by atoms with Crippen LogP contribution in [0.4, 0.5) is 11.9 Å². The minimum absolute atomic E-state index is 0.0638. The second kappa shape index (κ2) is 6.43. The van der Waals surface area contributed by atoms with E-state index in [1.165, 1.54) is 6.42 Å². The van der Waals surface area contributed by atoms with E-state index in [1.54, 1.807) is 0 Å². The van der Waals surface area contributed by atoms with Crippen molar-refractivity contribution in [3.8, 4) is 0 Å². The molecule has 7 nitrogen and oxygen atoms in total. The fourth-order valence-electron chi connectivity index (χ4n) is 2.67. The lowest BCUT2D eigenvalue weighted by molar-refractivity contribution is -0.120. The van der Waals surface area contributed by atoms with Crippen molar-refractivity contribution in [2.24, 2.45) is 0 Å². The average molecular weight is 311 g/mol. The van der Waals surface area contributed by atoms with Crippen LogP contribution >= 0.6 is 11.6 Å². The average Bonchev–Trinajstić information content (AvgIpc) is 2.72. The lowest BCUT2D eigenvalue weighted by Gasteiger charge is -2.27. The molecule has 0 spiro atoms. The molecule has 114 valence electrons. The maximum Gasteiger partial charge on any atom is 0.231 e. The highest BCUT2D eigenvalue weighted by Gasteiger charge is 2.20. The van der Waals surface area contributed by atoms with Gasteiger partial charge in [-0.05, 0) is 30.9 Å². The molecular weight excluding hydrogens is 292 g/mol. The first kappa shape index (κ1) is 14.3. The number of amides is 1. The highest BCUT2D eigenvalue weighted by Crippen LogP contribution is 2.20. The maximum atomic E-state index is 11.4. The molecule has 0 unspecified atom stereocenters. The van der Waals surface area contributed by atoms with E-state index >= 15 is 0 Å². The Labute approximate surface area is 128 Å². The molecule has 21 heavy (non-hydrogen) atoms. The summed E-state index contributed by atoms with van der Waals surface area (Å²) < 4.78 is 0. The van der Waals surface area contributed by atoms with Gasteiger partial charge in [-0.1, -0.05) is 0 Å². The number of rotatable bonds is 2.